The predicted molar refractivity (Wildman–Crippen MR) is 109 cm³/mol. The first-order valence-corrected chi connectivity index (χ1v) is 9.02. The van der Waals surface area contributed by atoms with Crippen molar-refractivity contribution in [2.24, 2.45) is 0 Å². The molecule has 0 unspecified atom stereocenters. The summed E-state index contributed by atoms with van der Waals surface area (Å²) in [4.78, 5) is 38.2. The molecule has 3 N–H and O–H groups in total. The Morgan fingerprint density at radius 3 is 2.47 bits per heavy atom. The molecule has 0 aliphatic rings. The molecule has 150 valence electrons. The van der Waals surface area contributed by atoms with Crippen LogP contribution in [0.15, 0.2) is 60.8 Å². The number of para-hydroxylation sites is 1. The topological polar surface area (TPSA) is 123 Å². The Bertz CT molecular complexity index is 1010. The van der Waals surface area contributed by atoms with Crippen LogP contribution in [0.25, 0.3) is 10.9 Å². The van der Waals surface area contributed by atoms with Gasteiger partial charge < -0.3 is 30.3 Å². The number of aromatic nitrogens is 1. The van der Waals surface area contributed by atoms with Gasteiger partial charge in [-0.05, 0) is 17.2 Å². The molecule has 9 heteroatoms. The van der Waals surface area contributed by atoms with Gasteiger partial charge in [0, 0.05) is 23.5 Å². The molecule has 0 aliphatic heterocycles. The molecule has 0 bridgehead atoms. The van der Waals surface area contributed by atoms with Crippen LogP contribution in [-0.4, -0.2) is 73.3 Å². The number of carbonyl (C=O) groups is 3. The monoisotopic (exact) mass is 434 g/mol. The van der Waals surface area contributed by atoms with Gasteiger partial charge in [-0.15, -0.1) is 0 Å². The number of hydrogen-bond donors (Lipinski definition) is 3. The third-order valence-electron chi connectivity index (χ3n) is 4.32. The second-order valence-corrected chi connectivity index (χ2v) is 6.42. The van der Waals surface area contributed by atoms with Crippen molar-refractivity contribution in [2.45, 2.75) is 19.1 Å². The summed E-state index contributed by atoms with van der Waals surface area (Å²) in [6.07, 6.45) is 0.980. The third kappa shape index (κ3) is 6.76. The Morgan fingerprint density at radius 1 is 1.03 bits per heavy atom. The van der Waals surface area contributed by atoms with E-state index in [2.05, 4.69) is 15.6 Å². The molecule has 3 aromatic rings. The van der Waals surface area contributed by atoms with E-state index >= 15 is 0 Å². The standard InChI is InChI=1S/C21H21N3O5.Ca/c25-19(12-23-21(28)29-13-14-6-2-1-3-7-14)24-18(20(26)27)10-15-11-22-17-9-5-4-8-16(15)17;/h1-9,11,18,22H,10,12-13H2,(H,23,28)(H,24,25)(H,26,27);/q;+2/p-1/t18-;/m0./s1. The summed E-state index contributed by atoms with van der Waals surface area (Å²) >= 11 is 0. The van der Waals surface area contributed by atoms with Crippen molar-refractivity contribution in [3.8, 4) is 0 Å². The van der Waals surface area contributed by atoms with Gasteiger partial charge in [0.15, 0.2) is 0 Å². The zero-order valence-electron chi connectivity index (χ0n) is 16.2. The number of rotatable bonds is 8. The number of nitrogens with one attached hydrogen (secondary N) is 3. The molecule has 0 saturated heterocycles. The minimum absolute atomic E-state index is 0. The van der Waals surface area contributed by atoms with Gasteiger partial charge in [-0.25, -0.2) is 4.79 Å². The summed E-state index contributed by atoms with van der Waals surface area (Å²) in [6.45, 7) is -0.345. The molecule has 0 radical (unpaired) electrons. The largest absolute Gasteiger partial charge is 2.00 e. The molecule has 8 nitrogen and oxygen atoms in total. The van der Waals surface area contributed by atoms with Crippen molar-refractivity contribution in [3.05, 3.63) is 71.9 Å². The predicted octanol–water partition coefficient (Wildman–Crippen LogP) is 0.491. The molecule has 1 heterocycles. The van der Waals surface area contributed by atoms with Crippen molar-refractivity contribution in [3.63, 3.8) is 0 Å². The van der Waals surface area contributed by atoms with E-state index in [1.165, 1.54) is 0 Å². The Kier molecular flexibility index (Phi) is 9.16. The zero-order valence-corrected chi connectivity index (χ0v) is 18.4. The van der Waals surface area contributed by atoms with E-state index in [1.54, 1.807) is 18.3 Å². The van der Waals surface area contributed by atoms with Crippen molar-refractivity contribution in [1.29, 1.82) is 0 Å². The van der Waals surface area contributed by atoms with Gasteiger partial charge in [-0.2, -0.15) is 0 Å². The second kappa shape index (κ2) is 11.6. The van der Waals surface area contributed by atoms with Crippen LogP contribution in [0.3, 0.4) is 0 Å². The van der Waals surface area contributed by atoms with Gasteiger partial charge in [0.25, 0.3) is 0 Å². The van der Waals surface area contributed by atoms with Crippen LogP contribution in [0, 0.1) is 0 Å². The van der Waals surface area contributed by atoms with Gasteiger partial charge in [0.05, 0.1) is 12.0 Å². The van der Waals surface area contributed by atoms with Gasteiger partial charge >= 0.3 is 43.8 Å². The second-order valence-electron chi connectivity index (χ2n) is 6.42. The fraction of sp³-hybridized carbons (Fsp3) is 0.190. The smallest absolute Gasteiger partial charge is 0.548 e. The van der Waals surface area contributed by atoms with Crippen LogP contribution in [0.4, 0.5) is 4.79 Å². The van der Waals surface area contributed by atoms with E-state index in [9.17, 15) is 19.5 Å². The summed E-state index contributed by atoms with van der Waals surface area (Å²) < 4.78 is 5.00. The van der Waals surface area contributed by atoms with E-state index < -0.39 is 30.6 Å². The van der Waals surface area contributed by atoms with E-state index in [1.807, 2.05) is 42.5 Å². The van der Waals surface area contributed by atoms with E-state index in [0.717, 1.165) is 22.0 Å². The van der Waals surface area contributed by atoms with E-state index in [4.69, 9.17) is 4.74 Å². The number of aliphatic carboxylic acids is 1. The number of aromatic amines is 1. The summed E-state index contributed by atoms with van der Waals surface area (Å²) in [5, 5.41) is 17.0. The van der Waals surface area contributed by atoms with Crippen molar-refractivity contribution in [1.82, 2.24) is 15.6 Å². The molecule has 2 aromatic carbocycles. The SMILES string of the molecule is O=C(CNC(=O)OCc1ccccc1)N[C@@H](Cc1c[nH]c2ccccc12)C(=O)[O-].[Ca+2]. The number of fused-ring (bicyclic) bond motifs is 1. The number of ether oxygens (including phenoxy) is 1. The zero-order chi connectivity index (χ0) is 20.6. The Morgan fingerprint density at radius 2 is 1.73 bits per heavy atom. The minimum Gasteiger partial charge on any atom is -0.548 e. The molecular formula is C21H20CaN3O5+. The number of carbonyl (C=O) groups excluding carboxylic acids is 3. The number of alkyl carbamates (subject to hydrolysis) is 1. The first-order valence-electron chi connectivity index (χ1n) is 9.02. The van der Waals surface area contributed by atoms with Gasteiger partial charge in [0.2, 0.25) is 5.91 Å². The quantitative estimate of drug-likeness (QED) is 0.445. The fourth-order valence-electron chi connectivity index (χ4n) is 2.89. The molecule has 30 heavy (non-hydrogen) atoms. The van der Waals surface area contributed by atoms with Crippen LogP contribution in [0.1, 0.15) is 11.1 Å². The maximum atomic E-state index is 12.0. The minimum atomic E-state index is -1.41. The van der Waals surface area contributed by atoms with Crippen LogP contribution >= 0.6 is 0 Å². The summed E-state index contributed by atoms with van der Waals surface area (Å²) in [5.41, 5.74) is 2.42. The first kappa shape index (κ1) is 23.7. The molecule has 1 aromatic heterocycles. The van der Waals surface area contributed by atoms with E-state index in [0.29, 0.717) is 0 Å². The maximum Gasteiger partial charge on any atom is 2.00 e. The molecule has 0 aliphatic carbocycles. The van der Waals surface area contributed by atoms with Crippen molar-refractivity contribution in [2.75, 3.05) is 6.54 Å². The summed E-state index contributed by atoms with van der Waals surface area (Å²) in [6, 6.07) is 15.3. The van der Waals surface area contributed by atoms with Crippen molar-refractivity contribution >= 4 is 66.6 Å². The van der Waals surface area contributed by atoms with Crippen LogP contribution < -0.4 is 15.7 Å². The number of amides is 2. The number of H-pyrrole nitrogens is 1. The van der Waals surface area contributed by atoms with Gasteiger partial charge in [0.1, 0.15) is 13.2 Å². The first-order chi connectivity index (χ1) is 14.0. The Balaban J connectivity index is 0.00000320. The maximum absolute atomic E-state index is 12.0. The molecular weight excluding hydrogens is 414 g/mol. The fourth-order valence-corrected chi connectivity index (χ4v) is 2.89. The van der Waals surface area contributed by atoms with Gasteiger partial charge in [-0.3, -0.25) is 4.79 Å². The molecule has 0 spiro atoms. The number of benzene rings is 2. The molecule has 3 rings (SSSR count). The number of hydrogen-bond acceptors (Lipinski definition) is 5. The van der Waals surface area contributed by atoms with E-state index in [-0.39, 0.29) is 50.8 Å². The Labute approximate surface area is 203 Å². The molecule has 2 amide bonds. The third-order valence-corrected chi connectivity index (χ3v) is 4.32. The normalized spacial score (nSPS) is 11.2. The molecule has 0 saturated carbocycles. The van der Waals surface area contributed by atoms with Crippen LogP contribution in [0.2, 0.25) is 0 Å². The number of carboxylic acid groups (broad SMARTS) is 1. The van der Waals surface area contributed by atoms with Crippen LogP contribution in [0.5, 0.6) is 0 Å². The van der Waals surface area contributed by atoms with Crippen molar-refractivity contribution < 1.29 is 24.2 Å². The summed E-state index contributed by atoms with van der Waals surface area (Å²) in [5.74, 6) is -2.06. The number of carboxylic acids is 1. The Hall–Kier alpha value is -2.55. The molecule has 1 atom stereocenters. The van der Waals surface area contributed by atoms with Crippen LogP contribution in [-0.2, 0) is 27.4 Å². The molecule has 0 fully saturated rings. The van der Waals surface area contributed by atoms with Gasteiger partial charge in [-0.1, -0.05) is 48.5 Å². The summed E-state index contributed by atoms with van der Waals surface area (Å²) in [7, 11) is 0. The average Bonchev–Trinajstić information content (AvgIpc) is 3.14. The average molecular weight is 434 g/mol.